The number of thiazole rings is 1. The highest BCUT2D eigenvalue weighted by Crippen LogP contribution is 2.20. The van der Waals surface area contributed by atoms with E-state index in [1.165, 1.54) is 11.1 Å². The van der Waals surface area contributed by atoms with Crippen LogP contribution in [0.2, 0.25) is 0 Å². The van der Waals surface area contributed by atoms with Gasteiger partial charge in [0.15, 0.2) is 0 Å². The molecular weight excluding hydrogens is 314 g/mol. The summed E-state index contributed by atoms with van der Waals surface area (Å²) in [6, 6.07) is 16.9. The Morgan fingerprint density at radius 2 is 1.58 bits per heavy atom. The molecule has 0 unspecified atom stereocenters. The normalized spacial score (nSPS) is 12.2. The summed E-state index contributed by atoms with van der Waals surface area (Å²) >= 11 is 1.62. The van der Waals surface area contributed by atoms with Crippen molar-refractivity contribution in [1.82, 2.24) is 4.68 Å². The highest BCUT2D eigenvalue weighted by Gasteiger charge is 2.07. The van der Waals surface area contributed by atoms with Crippen LogP contribution in [0.25, 0.3) is 11.3 Å². The summed E-state index contributed by atoms with van der Waals surface area (Å²) in [7, 11) is 0. The van der Waals surface area contributed by atoms with Crippen LogP contribution in [0.4, 0.5) is 0 Å². The lowest BCUT2D eigenvalue weighted by Gasteiger charge is -2.04. The summed E-state index contributed by atoms with van der Waals surface area (Å²) in [5.41, 5.74) is 5.79. The Balaban J connectivity index is 2.04. The minimum Gasteiger partial charge on any atom is -0.258 e. The molecule has 0 N–H and O–H groups in total. The van der Waals surface area contributed by atoms with Gasteiger partial charge in [0.2, 0.25) is 4.80 Å². The van der Waals surface area contributed by atoms with Crippen molar-refractivity contribution in [3.63, 3.8) is 0 Å². The second kappa shape index (κ2) is 7.41. The Hall–Kier alpha value is -2.46. The topological polar surface area (TPSA) is 29.6 Å². The third-order valence-electron chi connectivity index (χ3n) is 3.73. The van der Waals surface area contributed by atoms with Crippen LogP contribution in [0.15, 0.2) is 64.0 Å². The van der Waals surface area contributed by atoms with E-state index in [-0.39, 0.29) is 0 Å². The first-order valence-electron chi connectivity index (χ1n) is 8.06. The van der Waals surface area contributed by atoms with Gasteiger partial charge in [0.05, 0.1) is 11.9 Å². The van der Waals surface area contributed by atoms with Gasteiger partial charge in [0.25, 0.3) is 0 Å². The molecule has 24 heavy (non-hydrogen) atoms. The van der Waals surface area contributed by atoms with Crippen LogP contribution >= 0.6 is 11.3 Å². The summed E-state index contributed by atoms with van der Waals surface area (Å²) in [6.45, 7) is 6.97. The van der Waals surface area contributed by atoms with Gasteiger partial charge in [-0.3, -0.25) is 4.99 Å². The van der Waals surface area contributed by atoms with Crippen molar-refractivity contribution in [2.75, 3.05) is 6.54 Å². The van der Waals surface area contributed by atoms with Gasteiger partial charge in [-0.05, 0) is 26.3 Å². The van der Waals surface area contributed by atoms with E-state index in [0.717, 1.165) is 28.2 Å². The SMILES string of the molecule is CCN=c1scc(-c2ccc(C)cc2)n1N=Cc1ccc(C)cc1. The molecule has 0 aliphatic heterocycles. The summed E-state index contributed by atoms with van der Waals surface area (Å²) in [5.74, 6) is 0. The molecule has 0 fully saturated rings. The Morgan fingerprint density at radius 3 is 2.21 bits per heavy atom. The van der Waals surface area contributed by atoms with Crippen molar-refractivity contribution in [2.45, 2.75) is 20.8 Å². The highest BCUT2D eigenvalue weighted by atomic mass is 32.1. The van der Waals surface area contributed by atoms with Crippen molar-refractivity contribution in [2.24, 2.45) is 10.1 Å². The van der Waals surface area contributed by atoms with Crippen molar-refractivity contribution < 1.29 is 0 Å². The summed E-state index contributed by atoms with van der Waals surface area (Å²) < 4.78 is 1.93. The molecule has 1 aromatic heterocycles. The summed E-state index contributed by atoms with van der Waals surface area (Å²) in [6.07, 6.45) is 1.89. The number of nitrogens with zero attached hydrogens (tertiary/aromatic N) is 3. The quantitative estimate of drug-likeness (QED) is 0.622. The summed E-state index contributed by atoms with van der Waals surface area (Å²) in [5, 5.41) is 6.81. The lowest BCUT2D eigenvalue weighted by atomic mass is 10.1. The van der Waals surface area contributed by atoms with E-state index >= 15 is 0 Å². The first-order valence-corrected chi connectivity index (χ1v) is 8.94. The second-order valence-corrected chi connectivity index (χ2v) is 6.55. The molecule has 0 aliphatic rings. The molecule has 0 saturated heterocycles. The van der Waals surface area contributed by atoms with E-state index in [1.807, 2.05) is 17.8 Å². The molecule has 0 spiro atoms. The molecular formula is C20H21N3S. The molecule has 1 heterocycles. The zero-order valence-electron chi connectivity index (χ0n) is 14.2. The standard InChI is InChI=1S/C20H21N3S/c1-4-21-20-23(22-13-17-9-5-15(2)6-10-17)19(14-24-20)18-11-7-16(3)8-12-18/h5-14H,4H2,1-3H3. The highest BCUT2D eigenvalue weighted by molar-refractivity contribution is 7.07. The van der Waals surface area contributed by atoms with Crippen LogP contribution in [0.3, 0.4) is 0 Å². The molecule has 0 radical (unpaired) electrons. The molecule has 4 heteroatoms. The number of aryl methyl sites for hydroxylation is 2. The van der Waals surface area contributed by atoms with E-state index in [1.54, 1.807) is 11.3 Å². The molecule has 0 bridgehead atoms. The maximum absolute atomic E-state index is 4.69. The third kappa shape index (κ3) is 3.71. The third-order valence-corrected chi connectivity index (χ3v) is 4.58. The fraction of sp³-hybridized carbons (Fsp3) is 0.200. The van der Waals surface area contributed by atoms with Gasteiger partial charge < -0.3 is 0 Å². The van der Waals surface area contributed by atoms with Crippen molar-refractivity contribution in [3.8, 4) is 11.3 Å². The minimum atomic E-state index is 0.744. The molecule has 0 saturated carbocycles. The fourth-order valence-electron chi connectivity index (χ4n) is 2.35. The van der Waals surface area contributed by atoms with Gasteiger partial charge >= 0.3 is 0 Å². The smallest absolute Gasteiger partial charge is 0.206 e. The van der Waals surface area contributed by atoms with E-state index < -0.39 is 0 Å². The van der Waals surface area contributed by atoms with Crippen LogP contribution in [0.1, 0.15) is 23.6 Å². The Kier molecular flexibility index (Phi) is 5.06. The van der Waals surface area contributed by atoms with Gasteiger partial charge in [-0.15, -0.1) is 11.3 Å². The van der Waals surface area contributed by atoms with Crippen LogP contribution < -0.4 is 4.80 Å². The van der Waals surface area contributed by atoms with Crippen molar-refractivity contribution in [1.29, 1.82) is 0 Å². The van der Waals surface area contributed by atoms with Crippen LogP contribution in [-0.4, -0.2) is 17.4 Å². The number of rotatable bonds is 4. The molecule has 3 nitrogen and oxygen atoms in total. The van der Waals surface area contributed by atoms with E-state index in [4.69, 9.17) is 5.10 Å². The predicted octanol–water partition coefficient (Wildman–Crippen LogP) is 4.64. The lowest BCUT2D eigenvalue weighted by molar-refractivity contribution is 0.833. The molecule has 0 amide bonds. The maximum atomic E-state index is 4.69. The zero-order valence-corrected chi connectivity index (χ0v) is 15.0. The predicted molar refractivity (Wildman–Crippen MR) is 103 cm³/mol. The van der Waals surface area contributed by atoms with E-state index in [0.29, 0.717) is 0 Å². The zero-order chi connectivity index (χ0) is 16.9. The van der Waals surface area contributed by atoms with Gasteiger partial charge in [-0.1, -0.05) is 59.7 Å². The first-order chi connectivity index (χ1) is 11.7. The monoisotopic (exact) mass is 335 g/mol. The number of hydrogen-bond acceptors (Lipinski definition) is 3. The molecule has 3 rings (SSSR count). The molecule has 0 aliphatic carbocycles. The molecule has 122 valence electrons. The number of hydrogen-bond donors (Lipinski definition) is 0. The van der Waals surface area contributed by atoms with Gasteiger partial charge in [0, 0.05) is 17.5 Å². The van der Waals surface area contributed by atoms with Gasteiger partial charge in [-0.2, -0.15) is 5.10 Å². The molecule has 2 aromatic carbocycles. The first kappa shape index (κ1) is 16.4. The van der Waals surface area contributed by atoms with Crippen LogP contribution in [0.5, 0.6) is 0 Å². The minimum absolute atomic E-state index is 0.744. The Morgan fingerprint density at radius 1 is 0.958 bits per heavy atom. The average molecular weight is 335 g/mol. The second-order valence-electron chi connectivity index (χ2n) is 5.71. The van der Waals surface area contributed by atoms with Gasteiger partial charge in [-0.25, -0.2) is 4.68 Å². The Bertz CT molecular complexity index is 897. The molecule has 0 atom stereocenters. The number of benzene rings is 2. The lowest BCUT2D eigenvalue weighted by Crippen LogP contribution is -2.12. The van der Waals surface area contributed by atoms with Crippen LogP contribution in [-0.2, 0) is 0 Å². The fourth-order valence-corrected chi connectivity index (χ4v) is 3.26. The Labute approximate surface area is 146 Å². The molecule has 3 aromatic rings. The maximum Gasteiger partial charge on any atom is 0.206 e. The van der Waals surface area contributed by atoms with Crippen molar-refractivity contribution >= 4 is 17.6 Å². The largest absolute Gasteiger partial charge is 0.258 e. The number of aromatic nitrogens is 1. The van der Waals surface area contributed by atoms with Gasteiger partial charge in [0.1, 0.15) is 0 Å². The average Bonchev–Trinajstić information content (AvgIpc) is 2.98. The van der Waals surface area contributed by atoms with E-state index in [2.05, 4.69) is 72.8 Å². The van der Waals surface area contributed by atoms with E-state index in [9.17, 15) is 0 Å². The van der Waals surface area contributed by atoms with Crippen LogP contribution in [0, 0.1) is 13.8 Å². The summed E-state index contributed by atoms with van der Waals surface area (Å²) in [4.78, 5) is 5.48. The van der Waals surface area contributed by atoms with Crippen molar-refractivity contribution in [3.05, 3.63) is 75.4 Å².